The molecule has 0 N–H and O–H groups in total. The smallest absolute Gasteiger partial charge is 0.323 e. The summed E-state index contributed by atoms with van der Waals surface area (Å²) in [6.07, 6.45) is 1.58. The minimum atomic E-state index is -4.10. The molecule has 0 bridgehead atoms. The molecular weight excluding hydrogens is 330 g/mol. The predicted molar refractivity (Wildman–Crippen MR) is 77.3 cm³/mol. The summed E-state index contributed by atoms with van der Waals surface area (Å²) in [5, 5.41) is 0. The van der Waals surface area contributed by atoms with Crippen LogP contribution < -0.4 is 0 Å². The Morgan fingerprint density at radius 1 is 1.00 bits per heavy atom. The number of carbonyl (C=O) groups is 1. The Labute approximate surface area is 125 Å². The van der Waals surface area contributed by atoms with Gasteiger partial charge in [0.25, 0.3) is 10.0 Å². The van der Waals surface area contributed by atoms with Gasteiger partial charge in [-0.15, -0.1) is 16.0 Å². The van der Waals surface area contributed by atoms with Crippen LogP contribution in [0.15, 0.2) is 0 Å². The van der Waals surface area contributed by atoms with Crippen molar-refractivity contribution in [2.24, 2.45) is 0 Å². The molecule has 0 fully saturated rings. The highest BCUT2D eigenvalue weighted by Gasteiger charge is 2.37. The summed E-state index contributed by atoms with van der Waals surface area (Å²) < 4.78 is 47.7. The molecule has 0 saturated heterocycles. The molecule has 0 saturated carbocycles. The van der Waals surface area contributed by atoms with E-state index in [1.165, 1.54) is 4.90 Å². The third kappa shape index (κ3) is 5.08. The van der Waals surface area contributed by atoms with E-state index in [0.29, 0.717) is 4.41 Å². The van der Waals surface area contributed by atoms with Crippen molar-refractivity contribution >= 4 is 37.7 Å². The second-order valence-corrected chi connectivity index (χ2v) is 8.04. The van der Waals surface area contributed by atoms with Crippen molar-refractivity contribution in [2.45, 2.75) is 13.8 Å². The Morgan fingerprint density at radius 2 is 1.45 bits per heavy atom. The van der Waals surface area contributed by atoms with E-state index in [4.69, 9.17) is 11.6 Å². The van der Waals surface area contributed by atoms with E-state index in [9.17, 15) is 21.6 Å². The number of amides is 2. The highest BCUT2D eigenvalue weighted by molar-refractivity contribution is 7.91. The monoisotopic (exact) mass is 349 g/mol. The first-order valence-corrected chi connectivity index (χ1v) is 10.1. The maximum Gasteiger partial charge on any atom is 0.349 e. The molecule has 0 atom stereocenters. The fourth-order valence-corrected chi connectivity index (χ4v) is 4.04. The molecule has 20 heavy (non-hydrogen) atoms. The lowest BCUT2D eigenvalue weighted by molar-refractivity contribution is 0.130. The minimum Gasteiger partial charge on any atom is -0.323 e. The van der Waals surface area contributed by atoms with E-state index in [-0.39, 0.29) is 29.9 Å². The lowest BCUT2D eigenvalue weighted by Gasteiger charge is -2.33. The maximum absolute atomic E-state index is 12.2. The largest absolute Gasteiger partial charge is 0.349 e. The van der Waals surface area contributed by atoms with Gasteiger partial charge in [0.15, 0.2) is 0 Å². The van der Waals surface area contributed by atoms with Crippen LogP contribution in [0.2, 0.25) is 0 Å². The molecule has 0 aromatic heterocycles. The average Bonchev–Trinajstić information content (AvgIpc) is 2.27. The number of rotatable bonds is 7. The van der Waals surface area contributed by atoms with Gasteiger partial charge < -0.3 is 4.90 Å². The van der Waals surface area contributed by atoms with Crippen molar-refractivity contribution in [1.29, 1.82) is 0 Å². The second kappa shape index (κ2) is 7.43. The fourth-order valence-electron chi connectivity index (χ4n) is 1.48. The van der Waals surface area contributed by atoms with Gasteiger partial charge in [0, 0.05) is 25.5 Å². The maximum atomic E-state index is 12.2. The molecular formula is C9H20ClN3O5S2. The molecule has 0 aromatic carbocycles. The van der Waals surface area contributed by atoms with E-state index in [0.717, 1.165) is 12.5 Å². The highest BCUT2D eigenvalue weighted by atomic mass is 35.5. The topological polar surface area (TPSA) is 95.1 Å². The number of carbonyl (C=O) groups excluding carboxylic acids is 1. The highest BCUT2D eigenvalue weighted by Crippen LogP contribution is 2.13. The van der Waals surface area contributed by atoms with Gasteiger partial charge in [-0.3, -0.25) is 0 Å². The Hall–Kier alpha value is -0.580. The number of sulfonamides is 2. The number of alkyl halides is 1. The Bertz CT molecular complexity index is 530. The predicted octanol–water partition coefficient (Wildman–Crippen LogP) is 0.125. The second-order valence-electron chi connectivity index (χ2n) is 3.96. The molecule has 120 valence electrons. The zero-order chi connectivity index (χ0) is 16.1. The van der Waals surface area contributed by atoms with Gasteiger partial charge in [0.1, 0.15) is 0 Å². The lowest BCUT2D eigenvalue weighted by Crippen LogP contribution is -2.56. The van der Waals surface area contributed by atoms with Gasteiger partial charge in [0.05, 0.1) is 12.5 Å². The molecule has 11 heteroatoms. The third-order valence-electron chi connectivity index (χ3n) is 2.37. The first-order valence-electron chi connectivity index (χ1n) is 5.83. The summed E-state index contributed by atoms with van der Waals surface area (Å²) >= 11 is 5.50. The number of hydrazine groups is 1. The molecule has 0 rings (SSSR count). The number of hydrogen-bond acceptors (Lipinski definition) is 5. The van der Waals surface area contributed by atoms with E-state index in [1.54, 1.807) is 13.8 Å². The van der Waals surface area contributed by atoms with Crippen LogP contribution in [0, 0.1) is 0 Å². The summed E-state index contributed by atoms with van der Waals surface area (Å²) in [6.45, 7) is 3.50. The molecule has 8 nitrogen and oxygen atoms in total. The minimum absolute atomic E-state index is 0.148. The van der Waals surface area contributed by atoms with E-state index in [2.05, 4.69) is 0 Å². The first kappa shape index (κ1) is 19.4. The van der Waals surface area contributed by atoms with Crippen molar-refractivity contribution in [3.8, 4) is 0 Å². The third-order valence-corrected chi connectivity index (χ3v) is 4.74. The molecule has 0 aliphatic heterocycles. The summed E-state index contributed by atoms with van der Waals surface area (Å²) in [4.78, 5) is 13.4. The van der Waals surface area contributed by atoms with Crippen molar-refractivity contribution < 1.29 is 21.6 Å². The standard InChI is InChI=1S/C9H20ClN3O5S2/c1-5-11(6-2)9(14)13(20(4,17)18)12(8-7-10)19(3,15)16/h5-8H2,1-4H3. The van der Waals surface area contributed by atoms with Crippen LogP contribution in [-0.4, -0.2) is 74.6 Å². The van der Waals surface area contributed by atoms with Crippen LogP contribution in [-0.2, 0) is 20.0 Å². The SMILES string of the molecule is CCN(CC)C(=O)N(N(CCCl)S(C)(=O)=O)S(C)(=O)=O. The summed E-state index contributed by atoms with van der Waals surface area (Å²) in [6, 6.07) is -0.923. The van der Waals surface area contributed by atoms with E-state index < -0.39 is 26.1 Å². The van der Waals surface area contributed by atoms with Crippen LogP contribution in [0.5, 0.6) is 0 Å². The van der Waals surface area contributed by atoms with Gasteiger partial charge in [-0.05, 0) is 13.8 Å². The molecule has 0 spiro atoms. The Morgan fingerprint density at radius 3 is 1.70 bits per heavy atom. The van der Waals surface area contributed by atoms with Gasteiger partial charge >= 0.3 is 6.03 Å². The lowest BCUT2D eigenvalue weighted by atomic mass is 10.5. The molecule has 0 unspecified atom stereocenters. The van der Waals surface area contributed by atoms with Crippen LogP contribution in [0.25, 0.3) is 0 Å². The summed E-state index contributed by atoms with van der Waals surface area (Å²) in [5.74, 6) is -0.148. The number of urea groups is 1. The first-order chi connectivity index (χ1) is 9.00. The zero-order valence-corrected chi connectivity index (χ0v) is 14.3. The van der Waals surface area contributed by atoms with E-state index >= 15 is 0 Å². The Balaban J connectivity index is 5.85. The van der Waals surface area contributed by atoms with Crippen molar-refractivity contribution in [3.05, 3.63) is 0 Å². The fraction of sp³-hybridized carbons (Fsp3) is 0.889. The molecule has 2 amide bonds. The van der Waals surface area contributed by atoms with Crippen LogP contribution in [0.3, 0.4) is 0 Å². The average molecular weight is 350 g/mol. The van der Waals surface area contributed by atoms with Crippen LogP contribution >= 0.6 is 11.6 Å². The Kier molecular flexibility index (Phi) is 7.22. The number of halogens is 1. The number of hydrogen-bond donors (Lipinski definition) is 0. The van der Waals surface area contributed by atoms with E-state index in [1.807, 2.05) is 0 Å². The molecule has 0 aliphatic rings. The zero-order valence-electron chi connectivity index (χ0n) is 11.9. The summed E-state index contributed by atoms with van der Waals surface area (Å²) in [7, 11) is -8.06. The van der Waals surface area contributed by atoms with Gasteiger partial charge in [-0.25, -0.2) is 21.6 Å². The number of nitrogens with zero attached hydrogens (tertiary/aromatic N) is 3. The van der Waals surface area contributed by atoms with Crippen LogP contribution in [0.1, 0.15) is 13.8 Å². The van der Waals surface area contributed by atoms with Crippen molar-refractivity contribution in [3.63, 3.8) is 0 Å². The molecule has 0 heterocycles. The normalized spacial score (nSPS) is 12.5. The van der Waals surface area contributed by atoms with Crippen LogP contribution in [0.4, 0.5) is 4.79 Å². The van der Waals surface area contributed by atoms with Gasteiger partial charge in [0.2, 0.25) is 10.0 Å². The quantitative estimate of drug-likeness (QED) is 0.480. The van der Waals surface area contributed by atoms with Crippen molar-refractivity contribution in [1.82, 2.24) is 13.7 Å². The molecule has 0 aliphatic carbocycles. The van der Waals surface area contributed by atoms with Gasteiger partial charge in [-0.2, -0.15) is 0 Å². The summed E-state index contributed by atoms with van der Waals surface area (Å²) in [5.41, 5.74) is 0. The molecule has 0 radical (unpaired) electrons. The van der Waals surface area contributed by atoms with Crippen molar-refractivity contribution in [2.75, 3.05) is 38.0 Å². The molecule has 0 aromatic rings. The van der Waals surface area contributed by atoms with Gasteiger partial charge in [-0.1, -0.05) is 4.41 Å².